The molecule has 1 N–H and O–H groups in total. The zero-order valence-corrected chi connectivity index (χ0v) is 12.0. The minimum Gasteiger partial charge on any atom is -0.478 e. The molecule has 0 bridgehead atoms. The second-order valence-corrected chi connectivity index (χ2v) is 5.58. The van der Waals surface area contributed by atoms with Crippen LogP contribution in [0.1, 0.15) is 29.8 Å². The Morgan fingerprint density at radius 3 is 2.38 bits per heavy atom. The number of carboxylic acid groups (broad SMARTS) is 1. The number of benzene rings is 2. The zero-order chi connectivity index (χ0) is 15.0. The topological polar surface area (TPSA) is 63.1 Å². The number of hydrogen-bond acceptors (Lipinski definition) is 3. The van der Waals surface area contributed by atoms with E-state index in [0.29, 0.717) is 17.0 Å². The molecule has 0 aliphatic rings. The van der Waals surface area contributed by atoms with Crippen molar-refractivity contribution in [3.05, 3.63) is 47.5 Å². The van der Waals surface area contributed by atoms with Crippen molar-refractivity contribution in [3.8, 4) is 0 Å². The van der Waals surface area contributed by atoms with Gasteiger partial charge in [0.1, 0.15) is 5.52 Å². The summed E-state index contributed by atoms with van der Waals surface area (Å²) in [5, 5.41) is 9.30. The molecule has 0 spiro atoms. The summed E-state index contributed by atoms with van der Waals surface area (Å²) < 4.78 is 0. The Kier molecular flexibility index (Phi) is 3.29. The van der Waals surface area contributed by atoms with Gasteiger partial charge in [0.15, 0.2) is 0 Å². The van der Waals surface area contributed by atoms with Gasteiger partial charge in [-0.15, -0.1) is 0 Å². The third kappa shape index (κ3) is 2.44. The normalized spacial score (nSPS) is 11.4. The summed E-state index contributed by atoms with van der Waals surface area (Å²) in [6, 6.07) is 11.0. The number of aromatic nitrogens is 2. The van der Waals surface area contributed by atoms with Crippen LogP contribution in [0.15, 0.2) is 36.4 Å². The highest BCUT2D eigenvalue weighted by Crippen LogP contribution is 2.23. The Labute approximate surface area is 122 Å². The molecule has 0 aliphatic carbocycles. The molecule has 0 unspecified atom stereocenters. The SMILES string of the molecule is CC(C)Cc1cccc2nc3cccc(C(=O)O)c3nc12. The summed E-state index contributed by atoms with van der Waals surface area (Å²) in [6.45, 7) is 4.30. The largest absolute Gasteiger partial charge is 0.478 e. The summed E-state index contributed by atoms with van der Waals surface area (Å²) in [7, 11) is 0. The zero-order valence-electron chi connectivity index (χ0n) is 12.0. The van der Waals surface area contributed by atoms with Crippen LogP contribution in [-0.2, 0) is 6.42 Å². The Bertz CT molecular complexity index is 841. The number of carbonyl (C=O) groups is 1. The molecular formula is C17H16N2O2. The molecule has 3 aromatic rings. The van der Waals surface area contributed by atoms with Crippen LogP contribution in [0, 0.1) is 5.92 Å². The van der Waals surface area contributed by atoms with Crippen LogP contribution >= 0.6 is 0 Å². The number of rotatable bonds is 3. The molecule has 0 amide bonds. The number of nitrogens with zero attached hydrogens (tertiary/aromatic N) is 2. The first-order valence-electron chi connectivity index (χ1n) is 6.98. The molecule has 1 aromatic heterocycles. The predicted octanol–water partition coefficient (Wildman–Crippen LogP) is 3.68. The van der Waals surface area contributed by atoms with E-state index >= 15 is 0 Å². The minimum atomic E-state index is -0.976. The third-order valence-corrected chi connectivity index (χ3v) is 3.44. The summed E-state index contributed by atoms with van der Waals surface area (Å²) in [4.78, 5) is 20.5. The summed E-state index contributed by atoms with van der Waals surface area (Å²) in [5.74, 6) is -0.474. The van der Waals surface area contributed by atoms with Gasteiger partial charge in [0.05, 0.1) is 22.1 Å². The van der Waals surface area contributed by atoms with E-state index in [-0.39, 0.29) is 5.56 Å². The van der Waals surface area contributed by atoms with E-state index in [2.05, 4.69) is 23.8 Å². The van der Waals surface area contributed by atoms with E-state index in [1.807, 2.05) is 18.2 Å². The Morgan fingerprint density at radius 1 is 1.05 bits per heavy atom. The van der Waals surface area contributed by atoms with Crippen molar-refractivity contribution < 1.29 is 9.90 Å². The van der Waals surface area contributed by atoms with Crippen molar-refractivity contribution in [2.75, 3.05) is 0 Å². The van der Waals surface area contributed by atoms with E-state index in [4.69, 9.17) is 0 Å². The second-order valence-electron chi connectivity index (χ2n) is 5.58. The molecule has 0 saturated carbocycles. The number of carboxylic acids is 1. The van der Waals surface area contributed by atoms with Crippen molar-refractivity contribution in [1.29, 1.82) is 0 Å². The van der Waals surface area contributed by atoms with Gasteiger partial charge in [-0.25, -0.2) is 14.8 Å². The number of para-hydroxylation sites is 2. The molecule has 3 rings (SSSR count). The van der Waals surface area contributed by atoms with Crippen molar-refractivity contribution >= 4 is 28.0 Å². The van der Waals surface area contributed by atoms with Gasteiger partial charge < -0.3 is 5.11 Å². The maximum Gasteiger partial charge on any atom is 0.337 e. The van der Waals surface area contributed by atoms with E-state index in [1.54, 1.807) is 18.2 Å². The molecule has 0 saturated heterocycles. The van der Waals surface area contributed by atoms with Crippen LogP contribution in [0.25, 0.3) is 22.1 Å². The fourth-order valence-corrected chi connectivity index (χ4v) is 2.55. The van der Waals surface area contributed by atoms with Crippen LogP contribution in [-0.4, -0.2) is 21.0 Å². The lowest BCUT2D eigenvalue weighted by Crippen LogP contribution is -2.02. The average Bonchev–Trinajstić information content (AvgIpc) is 2.44. The van der Waals surface area contributed by atoms with Crippen LogP contribution in [0.5, 0.6) is 0 Å². The lowest BCUT2D eigenvalue weighted by atomic mass is 10.0. The summed E-state index contributed by atoms with van der Waals surface area (Å²) in [5.41, 5.74) is 3.98. The van der Waals surface area contributed by atoms with Gasteiger partial charge in [0.2, 0.25) is 0 Å². The third-order valence-electron chi connectivity index (χ3n) is 3.44. The average molecular weight is 280 g/mol. The van der Waals surface area contributed by atoms with E-state index in [0.717, 1.165) is 23.0 Å². The quantitative estimate of drug-likeness (QED) is 0.743. The van der Waals surface area contributed by atoms with Gasteiger partial charge in [-0.2, -0.15) is 0 Å². The minimum absolute atomic E-state index is 0.196. The van der Waals surface area contributed by atoms with E-state index < -0.39 is 5.97 Å². The molecule has 0 atom stereocenters. The molecule has 0 radical (unpaired) electrons. The van der Waals surface area contributed by atoms with Crippen LogP contribution < -0.4 is 0 Å². The first-order chi connectivity index (χ1) is 10.1. The van der Waals surface area contributed by atoms with Gasteiger partial charge in [0.25, 0.3) is 0 Å². The molecular weight excluding hydrogens is 264 g/mol. The first-order valence-corrected chi connectivity index (χ1v) is 6.98. The van der Waals surface area contributed by atoms with Crippen molar-refractivity contribution in [2.24, 2.45) is 5.92 Å². The smallest absolute Gasteiger partial charge is 0.337 e. The van der Waals surface area contributed by atoms with Crippen molar-refractivity contribution in [2.45, 2.75) is 20.3 Å². The molecule has 21 heavy (non-hydrogen) atoms. The molecule has 4 nitrogen and oxygen atoms in total. The fourth-order valence-electron chi connectivity index (χ4n) is 2.55. The van der Waals surface area contributed by atoms with Gasteiger partial charge in [-0.3, -0.25) is 0 Å². The van der Waals surface area contributed by atoms with Gasteiger partial charge in [-0.1, -0.05) is 32.0 Å². The molecule has 0 fully saturated rings. The standard InChI is InChI=1S/C17H16N2O2/c1-10(2)9-11-5-3-7-13-15(11)19-16-12(17(20)21)6-4-8-14(16)18-13/h3-8,10H,9H2,1-2H3,(H,20,21). The molecule has 1 heterocycles. The molecule has 4 heteroatoms. The first kappa shape index (κ1) is 13.5. The van der Waals surface area contributed by atoms with Crippen molar-refractivity contribution in [3.63, 3.8) is 0 Å². The number of fused-ring (bicyclic) bond motifs is 2. The van der Waals surface area contributed by atoms with Crippen molar-refractivity contribution in [1.82, 2.24) is 9.97 Å². The Balaban J connectivity index is 2.34. The van der Waals surface area contributed by atoms with E-state index in [9.17, 15) is 9.90 Å². The van der Waals surface area contributed by atoms with Crippen LogP contribution in [0.3, 0.4) is 0 Å². The second kappa shape index (κ2) is 5.13. The Hall–Kier alpha value is -2.49. The predicted molar refractivity (Wildman–Crippen MR) is 82.5 cm³/mol. The maximum atomic E-state index is 11.3. The summed E-state index contributed by atoms with van der Waals surface area (Å²) >= 11 is 0. The number of aromatic carboxylic acids is 1. The van der Waals surface area contributed by atoms with Crippen LogP contribution in [0.4, 0.5) is 0 Å². The fraction of sp³-hybridized carbons (Fsp3) is 0.235. The van der Waals surface area contributed by atoms with Gasteiger partial charge in [-0.05, 0) is 36.1 Å². The number of hydrogen-bond donors (Lipinski definition) is 1. The maximum absolute atomic E-state index is 11.3. The van der Waals surface area contributed by atoms with Crippen LogP contribution in [0.2, 0.25) is 0 Å². The Morgan fingerprint density at radius 2 is 1.71 bits per heavy atom. The highest BCUT2D eigenvalue weighted by molar-refractivity contribution is 6.02. The van der Waals surface area contributed by atoms with Gasteiger partial charge >= 0.3 is 5.97 Å². The highest BCUT2D eigenvalue weighted by Gasteiger charge is 2.13. The molecule has 0 aliphatic heterocycles. The molecule has 106 valence electrons. The van der Waals surface area contributed by atoms with Gasteiger partial charge in [0, 0.05) is 0 Å². The molecule has 2 aromatic carbocycles. The lowest BCUT2D eigenvalue weighted by molar-refractivity contribution is 0.0699. The monoisotopic (exact) mass is 280 g/mol. The lowest BCUT2D eigenvalue weighted by Gasteiger charge is -2.09. The summed E-state index contributed by atoms with van der Waals surface area (Å²) in [6.07, 6.45) is 0.896. The highest BCUT2D eigenvalue weighted by atomic mass is 16.4. The van der Waals surface area contributed by atoms with E-state index in [1.165, 1.54) is 0 Å².